The Morgan fingerprint density at radius 2 is 0.762 bits per heavy atom. The fraction of sp³-hybridized carbons (Fsp3) is 1.00. The van der Waals surface area contributed by atoms with Crippen LogP contribution in [0.25, 0.3) is 0 Å². The molecule has 0 aromatic heterocycles. The molecule has 0 spiro atoms. The molecule has 128 valence electrons. The van der Waals surface area contributed by atoms with Gasteiger partial charge in [-0.15, -0.1) is 0 Å². The standard InChI is InChI=1S/C20H44Si/c1-5-9-10-11-12-13-14-15-16-17-18-19-20-21(6-2,7-3)8-4/h5-20H2,1-4H3. The van der Waals surface area contributed by atoms with Gasteiger partial charge in [-0.2, -0.15) is 0 Å². The van der Waals surface area contributed by atoms with Crippen LogP contribution in [0.3, 0.4) is 0 Å². The number of rotatable bonds is 16. The Morgan fingerprint density at radius 3 is 1.10 bits per heavy atom. The average molecular weight is 313 g/mol. The van der Waals surface area contributed by atoms with Gasteiger partial charge in [0.25, 0.3) is 0 Å². The van der Waals surface area contributed by atoms with Crippen molar-refractivity contribution in [2.45, 2.75) is 129 Å². The summed E-state index contributed by atoms with van der Waals surface area (Å²) in [6.07, 6.45) is 17.7. The quantitative estimate of drug-likeness (QED) is 0.199. The lowest BCUT2D eigenvalue weighted by Gasteiger charge is -2.28. The van der Waals surface area contributed by atoms with Gasteiger partial charge in [0.1, 0.15) is 0 Å². The third-order valence-corrected chi connectivity index (χ3v) is 11.7. The maximum Gasteiger partial charge on any atom is 0.0527 e. The van der Waals surface area contributed by atoms with Crippen LogP contribution in [0.4, 0.5) is 0 Å². The summed E-state index contributed by atoms with van der Waals surface area (Å²) < 4.78 is 0. The minimum atomic E-state index is -0.815. The molecule has 0 amide bonds. The van der Waals surface area contributed by atoms with E-state index in [1.807, 2.05) is 0 Å². The summed E-state index contributed by atoms with van der Waals surface area (Å²) in [5.74, 6) is 0. The zero-order chi connectivity index (χ0) is 15.8. The Morgan fingerprint density at radius 1 is 0.429 bits per heavy atom. The van der Waals surface area contributed by atoms with Crippen molar-refractivity contribution in [2.75, 3.05) is 0 Å². The highest BCUT2D eigenvalue weighted by molar-refractivity contribution is 6.79. The molecule has 0 N–H and O–H groups in total. The van der Waals surface area contributed by atoms with Crippen LogP contribution in [-0.4, -0.2) is 8.07 Å². The SMILES string of the molecule is CCCCCCCCCCCCCC[Si](CC)(CC)CC. The molecule has 0 radical (unpaired) electrons. The van der Waals surface area contributed by atoms with E-state index in [0.717, 1.165) is 0 Å². The summed E-state index contributed by atoms with van der Waals surface area (Å²) in [4.78, 5) is 0. The van der Waals surface area contributed by atoms with E-state index in [2.05, 4.69) is 27.7 Å². The molecule has 0 aliphatic heterocycles. The first-order chi connectivity index (χ1) is 10.2. The highest BCUT2D eigenvalue weighted by Gasteiger charge is 2.25. The fourth-order valence-electron chi connectivity index (χ4n) is 3.62. The molecule has 1 heteroatoms. The topological polar surface area (TPSA) is 0 Å². The molecule has 0 rings (SSSR count). The molecular formula is C20H44Si. The molecule has 0 fully saturated rings. The smallest absolute Gasteiger partial charge is 0.0527 e. The fourth-order valence-corrected chi connectivity index (χ4v) is 7.18. The van der Waals surface area contributed by atoms with Crippen molar-refractivity contribution in [3.63, 3.8) is 0 Å². The van der Waals surface area contributed by atoms with E-state index in [4.69, 9.17) is 0 Å². The minimum absolute atomic E-state index is 0.815. The van der Waals surface area contributed by atoms with Gasteiger partial charge in [-0.3, -0.25) is 0 Å². The largest absolute Gasteiger partial charge is 0.0678 e. The lowest BCUT2D eigenvalue weighted by Crippen LogP contribution is -2.30. The Hall–Kier alpha value is 0.217. The van der Waals surface area contributed by atoms with Gasteiger partial charge in [0.15, 0.2) is 0 Å². The zero-order valence-electron chi connectivity index (χ0n) is 15.8. The Labute approximate surface area is 137 Å². The molecular weight excluding hydrogens is 268 g/mol. The van der Waals surface area contributed by atoms with Gasteiger partial charge in [-0.05, 0) is 0 Å². The normalized spacial score (nSPS) is 12.0. The third-order valence-electron chi connectivity index (χ3n) is 5.81. The van der Waals surface area contributed by atoms with Crippen molar-refractivity contribution in [3.8, 4) is 0 Å². The van der Waals surface area contributed by atoms with Gasteiger partial charge in [-0.25, -0.2) is 0 Å². The van der Waals surface area contributed by atoms with E-state index >= 15 is 0 Å². The van der Waals surface area contributed by atoms with Crippen LogP contribution < -0.4 is 0 Å². The zero-order valence-corrected chi connectivity index (χ0v) is 16.8. The van der Waals surface area contributed by atoms with E-state index in [1.165, 1.54) is 95.2 Å². The van der Waals surface area contributed by atoms with Gasteiger partial charge >= 0.3 is 0 Å². The molecule has 0 saturated heterocycles. The first kappa shape index (κ1) is 21.2. The molecule has 0 aromatic carbocycles. The van der Waals surface area contributed by atoms with Crippen LogP contribution in [0, 0.1) is 0 Å². The van der Waals surface area contributed by atoms with Gasteiger partial charge in [0.2, 0.25) is 0 Å². The number of hydrogen-bond donors (Lipinski definition) is 0. The summed E-state index contributed by atoms with van der Waals surface area (Å²) >= 11 is 0. The molecule has 0 saturated carbocycles. The number of unbranched alkanes of at least 4 members (excludes halogenated alkanes) is 11. The third kappa shape index (κ3) is 11.4. The number of hydrogen-bond acceptors (Lipinski definition) is 0. The summed E-state index contributed by atoms with van der Waals surface area (Å²) in [7, 11) is -0.815. The summed E-state index contributed by atoms with van der Waals surface area (Å²) in [6, 6.07) is 6.14. The summed E-state index contributed by atoms with van der Waals surface area (Å²) in [5, 5.41) is 0. The second-order valence-corrected chi connectivity index (χ2v) is 12.8. The Bertz CT molecular complexity index is 188. The van der Waals surface area contributed by atoms with E-state index in [-0.39, 0.29) is 0 Å². The second kappa shape index (κ2) is 15.1. The predicted octanol–water partition coefficient (Wildman–Crippen LogP) is 8.20. The van der Waals surface area contributed by atoms with Crippen molar-refractivity contribution < 1.29 is 0 Å². The predicted molar refractivity (Wildman–Crippen MR) is 103 cm³/mol. The Balaban J connectivity index is 3.29. The maximum atomic E-state index is 2.44. The van der Waals surface area contributed by atoms with Crippen LogP contribution in [0.5, 0.6) is 0 Å². The molecule has 0 aromatic rings. The van der Waals surface area contributed by atoms with E-state index in [1.54, 1.807) is 6.04 Å². The van der Waals surface area contributed by atoms with Crippen LogP contribution in [0.2, 0.25) is 24.2 Å². The van der Waals surface area contributed by atoms with Crippen LogP contribution in [-0.2, 0) is 0 Å². The van der Waals surface area contributed by atoms with Gasteiger partial charge in [-0.1, -0.05) is 129 Å². The van der Waals surface area contributed by atoms with Crippen molar-refractivity contribution in [1.29, 1.82) is 0 Å². The minimum Gasteiger partial charge on any atom is -0.0678 e. The van der Waals surface area contributed by atoms with Gasteiger partial charge in [0.05, 0.1) is 8.07 Å². The van der Waals surface area contributed by atoms with Crippen molar-refractivity contribution >= 4 is 8.07 Å². The molecule has 0 aliphatic carbocycles. The maximum absolute atomic E-state index is 2.44. The second-order valence-electron chi connectivity index (χ2n) is 7.20. The monoisotopic (exact) mass is 312 g/mol. The van der Waals surface area contributed by atoms with Crippen LogP contribution in [0.15, 0.2) is 0 Å². The highest BCUT2D eigenvalue weighted by Crippen LogP contribution is 2.27. The van der Waals surface area contributed by atoms with Crippen molar-refractivity contribution in [3.05, 3.63) is 0 Å². The highest BCUT2D eigenvalue weighted by atomic mass is 28.3. The lowest BCUT2D eigenvalue weighted by atomic mass is 10.1. The van der Waals surface area contributed by atoms with Gasteiger partial charge < -0.3 is 0 Å². The molecule has 0 nitrogen and oxygen atoms in total. The van der Waals surface area contributed by atoms with E-state index < -0.39 is 8.07 Å². The lowest BCUT2D eigenvalue weighted by molar-refractivity contribution is 0.547. The molecule has 0 bridgehead atoms. The van der Waals surface area contributed by atoms with Crippen molar-refractivity contribution in [1.82, 2.24) is 0 Å². The first-order valence-electron chi connectivity index (χ1n) is 10.2. The molecule has 21 heavy (non-hydrogen) atoms. The van der Waals surface area contributed by atoms with Crippen molar-refractivity contribution in [2.24, 2.45) is 0 Å². The molecule has 0 heterocycles. The average Bonchev–Trinajstić information content (AvgIpc) is 2.53. The van der Waals surface area contributed by atoms with Gasteiger partial charge in [0, 0.05) is 0 Å². The van der Waals surface area contributed by atoms with Crippen LogP contribution >= 0.6 is 0 Å². The van der Waals surface area contributed by atoms with E-state index in [9.17, 15) is 0 Å². The Kier molecular flexibility index (Phi) is 15.3. The molecule has 0 unspecified atom stereocenters. The first-order valence-corrected chi connectivity index (χ1v) is 13.1. The van der Waals surface area contributed by atoms with E-state index in [0.29, 0.717) is 0 Å². The van der Waals surface area contributed by atoms with Crippen LogP contribution in [0.1, 0.15) is 105 Å². The molecule has 0 atom stereocenters. The summed E-state index contributed by atoms with van der Waals surface area (Å²) in [5.41, 5.74) is 0. The summed E-state index contributed by atoms with van der Waals surface area (Å²) in [6.45, 7) is 9.63. The molecule has 0 aliphatic rings.